The third-order valence-electron chi connectivity index (χ3n) is 3.46. The maximum Gasteiger partial charge on any atom is 0.417 e. The lowest BCUT2D eigenvalue weighted by Crippen LogP contribution is -2.31. The largest absolute Gasteiger partial charge is 0.417 e. The van der Waals surface area contributed by atoms with Crippen LogP contribution in [0.3, 0.4) is 0 Å². The van der Waals surface area contributed by atoms with Crippen molar-refractivity contribution in [2.75, 3.05) is 18.4 Å². The van der Waals surface area contributed by atoms with E-state index in [9.17, 15) is 13.2 Å². The average molecular weight is 308 g/mol. The Labute approximate surface area is 121 Å². The lowest BCUT2D eigenvalue weighted by atomic mass is 10.2. The van der Waals surface area contributed by atoms with Crippen molar-refractivity contribution in [1.82, 2.24) is 9.88 Å². The first-order chi connectivity index (χ1) is 9.27. The quantitative estimate of drug-likeness (QED) is 0.924. The van der Waals surface area contributed by atoms with Crippen molar-refractivity contribution in [3.8, 4) is 0 Å². The number of likely N-dealkylation sites (tertiary alicyclic amines) is 1. The molecule has 1 saturated heterocycles. The summed E-state index contributed by atoms with van der Waals surface area (Å²) in [5.41, 5.74) is -0.830. The van der Waals surface area contributed by atoms with Gasteiger partial charge in [0.25, 0.3) is 0 Å². The second kappa shape index (κ2) is 5.77. The number of anilines is 1. The molecule has 1 fully saturated rings. The SMILES string of the molecule is CC(C)N1CCC(Nc2ncc(C(F)(F)F)cc2Cl)C1. The highest BCUT2D eigenvalue weighted by atomic mass is 35.5. The van der Waals surface area contributed by atoms with Gasteiger partial charge in [-0.2, -0.15) is 13.2 Å². The zero-order chi connectivity index (χ0) is 14.9. The summed E-state index contributed by atoms with van der Waals surface area (Å²) in [7, 11) is 0. The van der Waals surface area contributed by atoms with Gasteiger partial charge in [0.1, 0.15) is 5.82 Å². The van der Waals surface area contributed by atoms with Crippen molar-refractivity contribution in [3.63, 3.8) is 0 Å². The number of aromatic nitrogens is 1. The van der Waals surface area contributed by atoms with Crippen molar-refractivity contribution in [1.29, 1.82) is 0 Å². The fourth-order valence-electron chi connectivity index (χ4n) is 2.27. The standard InChI is InChI=1S/C13H17ClF3N3/c1-8(2)20-4-3-10(7-20)19-12-11(14)5-9(6-18-12)13(15,16)17/h5-6,8,10H,3-4,7H2,1-2H3,(H,18,19). The Morgan fingerprint density at radius 3 is 2.65 bits per heavy atom. The third kappa shape index (κ3) is 3.55. The molecule has 3 nitrogen and oxygen atoms in total. The van der Waals surface area contributed by atoms with E-state index in [0.29, 0.717) is 11.9 Å². The van der Waals surface area contributed by atoms with Gasteiger partial charge in [0, 0.05) is 31.4 Å². The van der Waals surface area contributed by atoms with Gasteiger partial charge in [0.05, 0.1) is 10.6 Å². The Hall–Kier alpha value is -1.01. The fraction of sp³-hybridized carbons (Fsp3) is 0.615. The van der Waals surface area contributed by atoms with Crippen LogP contribution in [0, 0.1) is 0 Å². The number of nitrogens with zero attached hydrogens (tertiary/aromatic N) is 2. The molecule has 0 spiro atoms. The average Bonchev–Trinajstić information content (AvgIpc) is 2.79. The Balaban J connectivity index is 2.04. The normalized spacial score (nSPS) is 20.6. The summed E-state index contributed by atoms with van der Waals surface area (Å²) in [4.78, 5) is 6.10. The summed E-state index contributed by atoms with van der Waals surface area (Å²) >= 11 is 5.87. The van der Waals surface area contributed by atoms with Gasteiger partial charge in [-0.3, -0.25) is 4.90 Å². The van der Waals surface area contributed by atoms with Crippen LogP contribution in [-0.2, 0) is 6.18 Å². The number of nitrogens with one attached hydrogen (secondary N) is 1. The van der Waals surface area contributed by atoms with Crippen molar-refractivity contribution < 1.29 is 13.2 Å². The van der Waals surface area contributed by atoms with Gasteiger partial charge in [0.15, 0.2) is 0 Å². The fourth-order valence-corrected chi connectivity index (χ4v) is 2.49. The van der Waals surface area contributed by atoms with Crippen LogP contribution in [0.5, 0.6) is 0 Å². The first kappa shape index (κ1) is 15.4. The Morgan fingerprint density at radius 2 is 2.15 bits per heavy atom. The molecule has 1 N–H and O–H groups in total. The van der Waals surface area contributed by atoms with Crippen LogP contribution in [0.1, 0.15) is 25.8 Å². The van der Waals surface area contributed by atoms with Gasteiger partial charge < -0.3 is 5.32 Å². The molecule has 1 aromatic rings. The molecule has 7 heteroatoms. The number of hydrogen-bond acceptors (Lipinski definition) is 3. The Kier molecular flexibility index (Phi) is 4.44. The van der Waals surface area contributed by atoms with Crippen LogP contribution < -0.4 is 5.32 Å². The molecule has 0 radical (unpaired) electrons. The number of hydrogen-bond donors (Lipinski definition) is 1. The van der Waals surface area contributed by atoms with Gasteiger partial charge in [-0.05, 0) is 26.3 Å². The molecule has 0 aromatic carbocycles. The predicted octanol–water partition coefficient (Wildman–Crippen LogP) is 3.65. The smallest absolute Gasteiger partial charge is 0.365 e. The van der Waals surface area contributed by atoms with E-state index in [1.54, 1.807) is 0 Å². The lowest BCUT2D eigenvalue weighted by Gasteiger charge is -2.21. The van der Waals surface area contributed by atoms with E-state index in [-0.39, 0.29) is 11.1 Å². The van der Waals surface area contributed by atoms with Crippen molar-refractivity contribution in [2.45, 2.75) is 38.5 Å². The van der Waals surface area contributed by atoms with Gasteiger partial charge in [-0.15, -0.1) is 0 Å². The van der Waals surface area contributed by atoms with E-state index in [4.69, 9.17) is 11.6 Å². The molecule has 1 unspecified atom stereocenters. The summed E-state index contributed by atoms with van der Waals surface area (Å²) < 4.78 is 37.6. The van der Waals surface area contributed by atoms with E-state index in [1.807, 2.05) is 0 Å². The molecule has 1 aliphatic heterocycles. The minimum absolute atomic E-state index is 0.00261. The monoisotopic (exact) mass is 307 g/mol. The first-order valence-corrected chi connectivity index (χ1v) is 6.88. The van der Waals surface area contributed by atoms with E-state index < -0.39 is 11.7 Å². The van der Waals surface area contributed by atoms with Gasteiger partial charge in [-0.25, -0.2) is 4.98 Å². The maximum atomic E-state index is 12.5. The van der Waals surface area contributed by atoms with Gasteiger partial charge >= 0.3 is 6.18 Å². The molecule has 2 heterocycles. The maximum absolute atomic E-state index is 12.5. The van der Waals surface area contributed by atoms with E-state index in [1.165, 1.54) is 0 Å². The second-order valence-corrected chi connectivity index (χ2v) is 5.68. The van der Waals surface area contributed by atoms with E-state index in [2.05, 4.69) is 29.0 Å². The molecule has 20 heavy (non-hydrogen) atoms. The predicted molar refractivity (Wildman–Crippen MR) is 73.0 cm³/mol. The summed E-state index contributed by atoms with van der Waals surface area (Å²) in [6.45, 7) is 6.04. The van der Waals surface area contributed by atoms with Crippen LogP contribution in [0.25, 0.3) is 0 Å². The van der Waals surface area contributed by atoms with E-state index in [0.717, 1.165) is 31.8 Å². The lowest BCUT2D eigenvalue weighted by molar-refractivity contribution is -0.137. The highest BCUT2D eigenvalue weighted by Gasteiger charge is 2.32. The number of alkyl halides is 3. The van der Waals surface area contributed by atoms with Crippen LogP contribution in [0.4, 0.5) is 19.0 Å². The topological polar surface area (TPSA) is 28.2 Å². The van der Waals surface area contributed by atoms with Crippen LogP contribution >= 0.6 is 11.6 Å². The summed E-state index contributed by atoms with van der Waals surface area (Å²) in [6, 6.07) is 1.53. The Bertz CT molecular complexity index is 476. The molecule has 1 aromatic heterocycles. The highest BCUT2D eigenvalue weighted by Crippen LogP contribution is 2.32. The zero-order valence-corrected chi connectivity index (χ0v) is 12.1. The molecule has 2 rings (SSSR count). The summed E-state index contributed by atoms with van der Waals surface area (Å²) in [5, 5.41) is 3.12. The summed E-state index contributed by atoms with van der Waals surface area (Å²) in [5.74, 6) is 0.315. The number of rotatable bonds is 3. The highest BCUT2D eigenvalue weighted by molar-refractivity contribution is 6.33. The Morgan fingerprint density at radius 1 is 1.45 bits per heavy atom. The minimum atomic E-state index is -4.42. The van der Waals surface area contributed by atoms with Crippen LogP contribution in [-0.4, -0.2) is 35.1 Å². The molecule has 0 aliphatic carbocycles. The molecule has 0 saturated carbocycles. The van der Waals surface area contributed by atoms with Gasteiger partial charge in [0.2, 0.25) is 0 Å². The van der Waals surface area contributed by atoms with E-state index >= 15 is 0 Å². The molecule has 0 bridgehead atoms. The number of pyridine rings is 1. The van der Waals surface area contributed by atoms with Crippen LogP contribution in [0.2, 0.25) is 5.02 Å². The third-order valence-corrected chi connectivity index (χ3v) is 3.75. The molecular weight excluding hydrogens is 291 g/mol. The second-order valence-electron chi connectivity index (χ2n) is 5.27. The molecule has 1 aliphatic rings. The molecule has 112 valence electrons. The molecular formula is C13H17ClF3N3. The first-order valence-electron chi connectivity index (χ1n) is 6.50. The summed E-state index contributed by atoms with van der Waals surface area (Å²) in [6.07, 6.45) is -2.68. The van der Waals surface area contributed by atoms with Gasteiger partial charge in [-0.1, -0.05) is 11.6 Å². The van der Waals surface area contributed by atoms with Crippen LogP contribution in [0.15, 0.2) is 12.3 Å². The zero-order valence-electron chi connectivity index (χ0n) is 11.3. The number of halogens is 4. The minimum Gasteiger partial charge on any atom is -0.365 e. The molecule has 1 atom stereocenters. The molecule has 0 amide bonds. The van der Waals surface area contributed by atoms with Crippen molar-refractivity contribution in [3.05, 3.63) is 22.8 Å². The van der Waals surface area contributed by atoms with Crippen molar-refractivity contribution >= 4 is 17.4 Å². The van der Waals surface area contributed by atoms with Crippen molar-refractivity contribution in [2.24, 2.45) is 0 Å².